The summed E-state index contributed by atoms with van der Waals surface area (Å²) < 4.78 is 19.7. The molecule has 2 bridgehead atoms. The summed E-state index contributed by atoms with van der Waals surface area (Å²) in [5.74, 6) is 1.44. The lowest BCUT2D eigenvalue weighted by molar-refractivity contribution is -0.220. The quantitative estimate of drug-likeness (QED) is 0.308. The van der Waals surface area contributed by atoms with Crippen molar-refractivity contribution < 1.29 is 24.1 Å². The summed E-state index contributed by atoms with van der Waals surface area (Å²) in [6.45, 7) is 8.68. The van der Waals surface area contributed by atoms with Crippen molar-refractivity contribution in [3.63, 3.8) is 0 Å². The number of phenols is 1. The number of aryl methyl sites for hydroxylation is 1. The molecule has 1 saturated heterocycles. The first kappa shape index (κ1) is 28.2. The van der Waals surface area contributed by atoms with Gasteiger partial charge in [-0.1, -0.05) is 36.4 Å². The molecule has 5 atom stereocenters. The van der Waals surface area contributed by atoms with Gasteiger partial charge in [0.15, 0.2) is 11.5 Å². The van der Waals surface area contributed by atoms with E-state index in [1.807, 2.05) is 26.8 Å². The number of carbonyl (C=O) groups is 1. The molecule has 7 heteroatoms. The molecule has 1 spiro atoms. The smallest absolute Gasteiger partial charge is 0.320 e. The second-order valence-corrected chi connectivity index (χ2v) is 14.4. The maximum Gasteiger partial charge on any atom is 0.320 e. The van der Waals surface area contributed by atoms with Gasteiger partial charge < -0.3 is 24.6 Å². The van der Waals surface area contributed by atoms with Gasteiger partial charge in [0.25, 0.3) is 0 Å². The molecule has 2 N–H and O–H groups in total. The Balaban J connectivity index is 1.23. The highest BCUT2D eigenvalue weighted by Crippen LogP contribution is 2.66. The average molecular weight is 575 g/mol. The van der Waals surface area contributed by atoms with Gasteiger partial charge in [-0.15, -0.1) is 0 Å². The van der Waals surface area contributed by atoms with Crippen molar-refractivity contribution in [2.75, 3.05) is 26.2 Å². The van der Waals surface area contributed by atoms with Gasteiger partial charge in [-0.25, -0.2) is 0 Å². The molecular weight excluding hydrogens is 528 g/mol. The predicted molar refractivity (Wildman–Crippen MR) is 161 cm³/mol. The first-order chi connectivity index (χ1) is 20.2. The standard InChI is InChI=1S/C35H46N2O5/c1-33(2,3)42-30(39)21-36-26-19-29-34-15-16-37(22-24-11-12-24)28(18-25-13-14-27(38)32(41-29)31(25)34)35(34,20-26)40-17-7-10-23-8-5-4-6-9-23/h4-6,8-9,13-14,24,26,28-29,36,38H,7,10-12,15-22H2,1-3H3/t26-,28?,29-,34+,35+/m0/s1. The molecule has 0 radical (unpaired) electrons. The molecule has 1 unspecified atom stereocenters. The van der Waals surface area contributed by atoms with E-state index >= 15 is 0 Å². The van der Waals surface area contributed by atoms with Crippen molar-refractivity contribution in [3.8, 4) is 11.5 Å². The van der Waals surface area contributed by atoms with Gasteiger partial charge in [-0.3, -0.25) is 9.69 Å². The Morgan fingerprint density at radius 2 is 1.98 bits per heavy atom. The number of esters is 1. The van der Waals surface area contributed by atoms with E-state index in [4.69, 9.17) is 14.2 Å². The number of hydrogen-bond donors (Lipinski definition) is 2. The minimum absolute atomic E-state index is 0.0335. The van der Waals surface area contributed by atoms with Gasteiger partial charge in [0.2, 0.25) is 0 Å². The lowest BCUT2D eigenvalue weighted by Crippen LogP contribution is -2.78. The topological polar surface area (TPSA) is 80.3 Å². The number of phenolic OH excluding ortho intramolecular Hbond substituents is 1. The fourth-order valence-electron chi connectivity index (χ4n) is 8.69. The summed E-state index contributed by atoms with van der Waals surface area (Å²) in [6, 6.07) is 14.8. The zero-order valence-corrected chi connectivity index (χ0v) is 25.4. The number of hydrogen-bond acceptors (Lipinski definition) is 7. The number of rotatable bonds is 10. The number of nitrogens with one attached hydrogen (secondary N) is 1. The molecule has 2 aromatic carbocycles. The van der Waals surface area contributed by atoms with Crippen LogP contribution >= 0.6 is 0 Å². The van der Waals surface area contributed by atoms with Crippen LogP contribution in [0, 0.1) is 5.92 Å². The number of piperidine rings is 1. The van der Waals surface area contributed by atoms with E-state index in [1.165, 1.54) is 29.5 Å². The number of benzene rings is 2. The summed E-state index contributed by atoms with van der Waals surface area (Å²) in [7, 11) is 0. The van der Waals surface area contributed by atoms with Crippen LogP contribution in [-0.4, -0.2) is 71.6 Å². The third kappa shape index (κ3) is 4.82. The normalized spacial score (nSPS) is 31.4. The molecule has 226 valence electrons. The van der Waals surface area contributed by atoms with Crippen LogP contribution in [0.15, 0.2) is 42.5 Å². The molecular formula is C35H46N2O5. The number of aromatic hydroxyl groups is 1. The highest BCUT2D eigenvalue weighted by molar-refractivity contribution is 5.72. The number of ether oxygens (including phenoxy) is 3. The van der Waals surface area contributed by atoms with Gasteiger partial charge >= 0.3 is 5.97 Å². The second-order valence-electron chi connectivity index (χ2n) is 14.4. The van der Waals surface area contributed by atoms with Crippen LogP contribution in [0.5, 0.6) is 11.5 Å². The molecule has 3 fully saturated rings. The van der Waals surface area contributed by atoms with Gasteiger partial charge in [0, 0.05) is 37.2 Å². The average Bonchev–Trinajstić information content (AvgIpc) is 3.70. The number of nitrogens with zero attached hydrogens (tertiary/aromatic N) is 1. The molecule has 0 amide bonds. The maximum atomic E-state index is 12.7. The summed E-state index contributed by atoms with van der Waals surface area (Å²) in [5, 5.41) is 14.6. The molecule has 3 aliphatic carbocycles. The largest absolute Gasteiger partial charge is 0.504 e. The van der Waals surface area contributed by atoms with Gasteiger partial charge in [-0.05, 0) is 95.4 Å². The van der Waals surface area contributed by atoms with Crippen LogP contribution in [0.3, 0.4) is 0 Å². The van der Waals surface area contributed by atoms with Crippen LogP contribution < -0.4 is 10.1 Å². The summed E-state index contributed by atoms with van der Waals surface area (Å²) in [6.07, 6.45) is 7.86. The van der Waals surface area contributed by atoms with E-state index < -0.39 is 11.2 Å². The first-order valence-electron chi connectivity index (χ1n) is 16.1. The van der Waals surface area contributed by atoms with Crippen LogP contribution in [-0.2, 0) is 32.5 Å². The third-order valence-electron chi connectivity index (χ3n) is 10.4. The van der Waals surface area contributed by atoms with Crippen molar-refractivity contribution in [3.05, 3.63) is 59.2 Å². The van der Waals surface area contributed by atoms with E-state index in [0.29, 0.717) is 12.4 Å². The van der Waals surface area contributed by atoms with Crippen molar-refractivity contribution in [1.82, 2.24) is 10.2 Å². The van der Waals surface area contributed by atoms with Gasteiger partial charge in [0.1, 0.15) is 11.7 Å². The van der Waals surface area contributed by atoms with Crippen molar-refractivity contribution in [2.24, 2.45) is 5.92 Å². The maximum absolute atomic E-state index is 12.7. The Morgan fingerprint density at radius 1 is 1.17 bits per heavy atom. The summed E-state index contributed by atoms with van der Waals surface area (Å²) >= 11 is 0. The Morgan fingerprint density at radius 3 is 2.74 bits per heavy atom. The molecule has 42 heavy (non-hydrogen) atoms. The van der Waals surface area contributed by atoms with Crippen molar-refractivity contribution in [1.29, 1.82) is 0 Å². The molecule has 2 heterocycles. The zero-order valence-electron chi connectivity index (χ0n) is 25.4. The fraction of sp³-hybridized carbons (Fsp3) is 0.629. The SMILES string of the molecule is CC(C)(C)OC(=O)CN[C@H]1C[C@@H]2Oc3c(O)ccc4c3[C@@]23CCN(CC2CC2)C(C4)[C@]3(OCCCc2ccccc2)C1. The Bertz CT molecular complexity index is 1320. The van der Waals surface area contributed by atoms with E-state index in [2.05, 4.69) is 46.6 Å². The van der Waals surface area contributed by atoms with E-state index in [0.717, 1.165) is 57.5 Å². The van der Waals surface area contributed by atoms with Gasteiger partial charge in [0.05, 0.1) is 17.6 Å². The number of carbonyl (C=O) groups excluding carboxylic acids is 1. The van der Waals surface area contributed by atoms with E-state index in [1.54, 1.807) is 0 Å². The van der Waals surface area contributed by atoms with E-state index in [-0.39, 0.29) is 41.9 Å². The van der Waals surface area contributed by atoms with Gasteiger partial charge in [-0.2, -0.15) is 0 Å². The fourth-order valence-corrected chi connectivity index (χ4v) is 8.69. The van der Waals surface area contributed by atoms with Crippen LogP contribution in [0.25, 0.3) is 0 Å². The zero-order chi connectivity index (χ0) is 29.1. The van der Waals surface area contributed by atoms with Crippen LogP contribution in [0.4, 0.5) is 0 Å². The second kappa shape index (κ2) is 10.5. The van der Waals surface area contributed by atoms with Crippen LogP contribution in [0.2, 0.25) is 0 Å². The van der Waals surface area contributed by atoms with E-state index in [9.17, 15) is 9.90 Å². The number of likely N-dealkylation sites (tertiary alicyclic amines) is 1. The molecule has 2 aliphatic heterocycles. The molecule has 7 nitrogen and oxygen atoms in total. The first-order valence-corrected chi connectivity index (χ1v) is 16.1. The lowest BCUT2D eigenvalue weighted by atomic mass is 9.48. The van der Waals surface area contributed by atoms with Crippen molar-refractivity contribution >= 4 is 5.97 Å². The third-order valence-corrected chi connectivity index (χ3v) is 10.4. The monoisotopic (exact) mass is 574 g/mol. The van der Waals surface area contributed by atoms with Crippen LogP contribution in [0.1, 0.15) is 76.0 Å². The molecule has 7 rings (SSSR count). The Kier molecular flexibility index (Phi) is 7.06. The summed E-state index contributed by atoms with van der Waals surface area (Å²) in [5.41, 5.74) is 2.53. The minimum Gasteiger partial charge on any atom is -0.504 e. The highest BCUT2D eigenvalue weighted by Gasteiger charge is 2.73. The Hall–Kier alpha value is -2.61. The van der Waals surface area contributed by atoms with Crippen molar-refractivity contribution in [2.45, 2.75) is 107 Å². The molecule has 5 aliphatic rings. The minimum atomic E-state index is -0.522. The molecule has 2 aromatic rings. The summed E-state index contributed by atoms with van der Waals surface area (Å²) in [4.78, 5) is 15.4. The molecule has 0 aromatic heterocycles. The Labute approximate surface area is 249 Å². The molecule has 2 saturated carbocycles. The lowest BCUT2D eigenvalue weighted by Gasteiger charge is -2.66. The predicted octanol–water partition coefficient (Wildman–Crippen LogP) is 4.91. The highest BCUT2D eigenvalue weighted by atomic mass is 16.6.